The minimum atomic E-state index is -0.494. The maximum atomic E-state index is 12.9. The molecular weight excluding hydrogens is 423 g/mol. The molecule has 0 unspecified atom stereocenters. The number of rotatable bonds is 6. The molecule has 2 aromatic rings. The third kappa shape index (κ3) is 5.76. The van der Waals surface area contributed by atoms with Gasteiger partial charge < -0.3 is 20.6 Å². The molecule has 31 heavy (non-hydrogen) atoms. The molecule has 0 bridgehead atoms. The zero-order valence-electron chi connectivity index (χ0n) is 17.1. The van der Waals surface area contributed by atoms with Crippen LogP contribution in [0.5, 0.6) is 11.5 Å². The first-order valence-corrected chi connectivity index (χ1v) is 10.5. The third-order valence-electron chi connectivity index (χ3n) is 5.02. The van der Waals surface area contributed by atoms with Gasteiger partial charge in [0.2, 0.25) is 0 Å². The highest BCUT2D eigenvalue weighted by Crippen LogP contribution is 2.34. The smallest absolute Gasteiger partial charge is 0.412 e. The predicted molar refractivity (Wildman–Crippen MR) is 118 cm³/mol. The van der Waals surface area contributed by atoms with Gasteiger partial charge in [0.25, 0.3) is 0 Å². The fourth-order valence-corrected chi connectivity index (χ4v) is 3.75. The van der Waals surface area contributed by atoms with Crippen LogP contribution in [0.3, 0.4) is 0 Å². The lowest BCUT2D eigenvalue weighted by atomic mass is 9.96. The minimum absolute atomic E-state index is 0.0000751. The molecule has 3 rings (SSSR count). The van der Waals surface area contributed by atoms with E-state index in [2.05, 4.69) is 15.4 Å². The van der Waals surface area contributed by atoms with Crippen LogP contribution >= 0.6 is 12.3 Å². The first-order valence-electron chi connectivity index (χ1n) is 9.79. The minimum Gasteiger partial charge on any atom is -0.496 e. The van der Waals surface area contributed by atoms with Gasteiger partial charge in [-0.15, -0.1) is 3.89 Å². The van der Waals surface area contributed by atoms with E-state index >= 15 is 0 Å². The van der Waals surface area contributed by atoms with Crippen LogP contribution in [0.1, 0.15) is 37.7 Å². The van der Waals surface area contributed by atoms with Gasteiger partial charge in [0, 0.05) is 35.1 Å². The summed E-state index contributed by atoms with van der Waals surface area (Å²) in [6.45, 7) is 0. The summed E-state index contributed by atoms with van der Waals surface area (Å²) in [6, 6.07) is 6.83. The Morgan fingerprint density at radius 3 is 2.74 bits per heavy atom. The summed E-state index contributed by atoms with van der Waals surface area (Å²) < 4.78 is 24.5. The second-order valence-electron chi connectivity index (χ2n) is 7.04. The summed E-state index contributed by atoms with van der Waals surface area (Å²) in [5.74, 6) is 11.8. The van der Waals surface area contributed by atoms with E-state index in [0.717, 1.165) is 25.7 Å². The summed E-state index contributed by atoms with van der Waals surface area (Å²) in [5, 5.41) is 6.44. The van der Waals surface area contributed by atoms with Crippen LogP contribution in [-0.4, -0.2) is 34.5 Å². The Labute approximate surface area is 184 Å². The molecule has 0 atom stereocenters. The average Bonchev–Trinajstić information content (AvgIpc) is 2.80. The Kier molecular flexibility index (Phi) is 7.90. The molecule has 1 heterocycles. The van der Waals surface area contributed by atoms with Crippen molar-refractivity contribution in [3.05, 3.63) is 42.2 Å². The number of amidine groups is 1. The molecule has 1 amide bonds. The van der Waals surface area contributed by atoms with E-state index in [0.29, 0.717) is 32.6 Å². The van der Waals surface area contributed by atoms with Crippen LogP contribution in [0.25, 0.3) is 11.1 Å². The third-order valence-corrected chi connectivity index (χ3v) is 5.34. The number of nitrogens with two attached hydrogens (primary N) is 2. The van der Waals surface area contributed by atoms with E-state index in [1.165, 1.54) is 19.7 Å². The van der Waals surface area contributed by atoms with Crippen molar-refractivity contribution in [2.45, 2.75) is 38.1 Å². The van der Waals surface area contributed by atoms with Gasteiger partial charge in [0.1, 0.15) is 11.5 Å². The highest BCUT2D eigenvalue weighted by molar-refractivity contribution is 7.92. The Hall–Kier alpha value is -3.05. The molecule has 1 aromatic carbocycles. The highest BCUT2D eigenvalue weighted by atomic mass is 32.2. The van der Waals surface area contributed by atoms with Crippen LogP contribution in [0.15, 0.2) is 41.8 Å². The number of ether oxygens (including phenoxy) is 2. The quantitative estimate of drug-likeness (QED) is 0.201. The molecule has 11 heteroatoms. The maximum Gasteiger partial charge on any atom is 0.412 e. The Morgan fingerprint density at radius 2 is 2.06 bits per heavy atom. The molecular formula is C20H25FN6O3S. The number of nitrogens with one attached hydrogen (secondary N) is 1. The molecule has 0 aliphatic heterocycles. The molecule has 0 spiro atoms. The van der Waals surface area contributed by atoms with Gasteiger partial charge >= 0.3 is 6.09 Å². The van der Waals surface area contributed by atoms with Gasteiger partial charge in [-0.2, -0.15) is 5.10 Å². The number of amides is 1. The number of aromatic nitrogens is 1. The molecule has 0 saturated heterocycles. The van der Waals surface area contributed by atoms with Crippen molar-refractivity contribution < 1.29 is 18.2 Å². The zero-order valence-corrected chi connectivity index (χ0v) is 17.9. The van der Waals surface area contributed by atoms with Crippen molar-refractivity contribution in [3.63, 3.8) is 0 Å². The monoisotopic (exact) mass is 448 g/mol. The summed E-state index contributed by atoms with van der Waals surface area (Å²) in [4.78, 5) is 16.5. The number of methoxy groups -OCH3 is 1. The Bertz CT molecular complexity index is 939. The average molecular weight is 449 g/mol. The van der Waals surface area contributed by atoms with E-state index in [-0.39, 0.29) is 24.2 Å². The number of benzene rings is 1. The fraction of sp³-hybridized carbons (Fsp3) is 0.350. The first kappa shape index (κ1) is 22.6. The highest BCUT2D eigenvalue weighted by Gasteiger charge is 2.18. The topological polar surface area (TPSA) is 128 Å². The van der Waals surface area contributed by atoms with E-state index in [1.54, 1.807) is 30.5 Å². The first-order chi connectivity index (χ1) is 15.0. The SMILES string of the molecule is COc1ccc(OC(=O)NC2CCCCC2)cc1-c1cncc(/C(=N/N)N(N)SF)c1. The standard InChI is InChI=1S/C20H25FN6O3S/c1-29-18-8-7-16(30-20(28)25-15-5-3-2-4-6-15)10-17(18)13-9-14(12-24-11-13)19(26-22)27(23)31-21/h7-12,15H,2-6,22-23H2,1H3,(H,25,28)/b26-19-. The normalized spacial score (nSPS) is 14.7. The molecule has 5 N–H and O–H groups in total. The molecule has 1 aliphatic rings. The number of hydrogen-bond donors (Lipinski definition) is 3. The number of hydrogen-bond acceptors (Lipinski definition) is 8. The summed E-state index contributed by atoms with van der Waals surface area (Å²) in [6.07, 6.45) is 7.88. The van der Waals surface area contributed by atoms with Gasteiger partial charge in [-0.3, -0.25) is 4.98 Å². The van der Waals surface area contributed by atoms with Crippen molar-refractivity contribution in [3.8, 4) is 22.6 Å². The van der Waals surface area contributed by atoms with E-state index < -0.39 is 6.09 Å². The number of hydrazine groups is 1. The van der Waals surface area contributed by atoms with Crippen molar-refractivity contribution in [1.29, 1.82) is 0 Å². The van der Waals surface area contributed by atoms with Crippen molar-refractivity contribution in [2.75, 3.05) is 7.11 Å². The molecule has 166 valence electrons. The predicted octanol–water partition coefficient (Wildman–Crippen LogP) is 3.51. The van der Waals surface area contributed by atoms with Gasteiger partial charge in [-0.1, -0.05) is 19.3 Å². The molecule has 0 radical (unpaired) electrons. The number of halogens is 1. The van der Waals surface area contributed by atoms with E-state index in [9.17, 15) is 8.68 Å². The lowest BCUT2D eigenvalue weighted by Crippen LogP contribution is -2.37. The van der Waals surface area contributed by atoms with E-state index in [1.807, 2.05) is 0 Å². The maximum absolute atomic E-state index is 12.9. The van der Waals surface area contributed by atoms with E-state index in [4.69, 9.17) is 21.2 Å². The number of pyridine rings is 1. The summed E-state index contributed by atoms with van der Waals surface area (Å²) in [7, 11) is 1.53. The number of carbonyl (C=O) groups excluding carboxylic acids is 1. The van der Waals surface area contributed by atoms with Gasteiger partial charge in [-0.25, -0.2) is 15.1 Å². The van der Waals surface area contributed by atoms with Crippen molar-refractivity contribution >= 4 is 24.3 Å². The Morgan fingerprint density at radius 1 is 1.29 bits per heavy atom. The van der Waals surface area contributed by atoms with Crippen LogP contribution < -0.4 is 26.5 Å². The second-order valence-corrected chi connectivity index (χ2v) is 7.57. The fourth-order valence-electron chi connectivity index (χ4n) is 3.53. The summed E-state index contributed by atoms with van der Waals surface area (Å²) in [5.41, 5.74) is 1.63. The van der Waals surface area contributed by atoms with Crippen LogP contribution in [0, 0.1) is 0 Å². The van der Waals surface area contributed by atoms with Crippen LogP contribution in [0.4, 0.5) is 8.68 Å². The number of nitrogens with zero attached hydrogens (tertiary/aromatic N) is 3. The van der Waals surface area contributed by atoms with Crippen LogP contribution in [0.2, 0.25) is 0 Å². The molecule has 1 aromatic heterocycles. The number of carbonyl (C=O) groups is 1. The lowest BCUT2D eigenvalue weighted by molar-refractivity contribution is 0.192. The second kappa shape index (κ2) is 10.8. The molecule has 9 nitrogen and oxygen atoms in total. The number of hydrazone groups is 1. The van der Waals surface area contributed by atoms with Crippen molar-refractivity contribution in [1.82, 2.24) is 14.7 Å². The van der Waals surface area contributed by atoms with Gasteiger partial charge in [-0.05, 0) is 37.1 Å². The molecule has 1 saturated carbocycles. The summed E-state index contributed by atoms with van der Waals surface area (Å²) >= 11 is -0.232. The lowest BCUT2D eigenvalue weighted by Gasteiger charge is -2.22. The zero-order chi connectivity index (χ0) is 22.2. The van der Waals surface area contributed by atoms with Gasteiger partial charge in [0.15, 0.2) is 18.2 Å². The Balaban J connectivity index is 1.84. The van der Waals surface area contributed by atoms with Gasteiger partial charge in [0.05, 0.1) is 7.11 Å². The molecule has 1 aliphatic carbocycles. The van der Waals surface area contributed by atoms with Crippen LogP contribution in [-0.2, 0) is 0 Å². The van der Waals surface area contributed by atoms with Crippen molar-refractivity contribution in [2.24, 2.45) is 16.8 Å². The molecule has 1 fully saturated rings. The largest absolute Gasteiger partial charge is 0.496 e.